The Morgan fingerprint density at radius 2 is 1.81 bits per heavy atom. The zero-order chi connectivity index (χ0) is 27.2. The molecule has 1 unspecified atom stereocenters. The number of ether oxygens (including phenoxy) is 1. The van der Waals surface area contributed by atoms with Gasteiger partial charge in [-0.05, 0) is 49.9 Å². The molecule has 2 heterocycles. The van der Waals surface area contributed by atoms with Gasteiger partial charge in [-0.2, -0.15) is 13.2 Å². The summed E-state index contributed by atoms with van der Waals surface area (Å²) in [5.74, 6) is -3.96. The Hall–Kier alpha value is -3.75. The number of amides is 1. The maximum absolute atomic E-state index is 14.7. The van der Waals surface area contributed by atoms with E-state index in [9.17, 15) is 31.0 Å². The Bertz CT molecular complexity index is 1490. The van der Waals surface area contributed by atoms with Crippen LogP contribution >= 0.6 is 0 Å². The van der Waals surface area contributed by atoms with Gasteiger partial charge in [-0.15, -0.1) is 20.4 Å². The zero-order valence-electron chi connectivity index (χ0n) is 19.3. The maximum atomic E-state index is 14.7. The van der Waals surface area contributed by atoms with E-state index in [4.69, 9.17) is 9.52 Å². The molecule has 1 aliphatic carbocycles. The van der Waals surface area contributed by atoms with Gasteiger partial charge in [0.15, 0.2) is 17.2 Å². The summed E-state index contributed by atoms with van der Waals surface area (Å²) < 4.78 is 94.5. The van der Waals surface area contributed by atoms with Crippen molar-refractivity contribution in [3.8, 4) is 11.8 Å². The van der Waals surface area contributed by atoms with Crippen LogP contribution in [0.4, 0.5) is 27.6 Å². The standard InChI is InChI=1S/C22H19F5N6O3S/c1-11-16(18(34)29-12-5-3-6-13(9-12)37(2,28)35)20(33-31-17(11)22(25,26)27)36-19-14(23)10-15(30-32-19)21(24)7-4-8-21/h3,5-6,9-10,28H,4,7-8H2,1-2H3,(H,29,34). The van der Waals surface area contributed by atoms with Crippen LogP contribution in [0.3, 0.4) is 0 Å². The van der Waals surface area contributed by atoms with Gasteiger partial charge in [0.05, 0.1) is 9.73 Å². The Morgan fingerprint density at radius 1 is 1.14 bits per heavy atom. The van der Waals surface area contributed by atoms with E-state index in [1.807, 2.05) is 0 Å². The minimum absolute atomic E-state index is 0.0177. The van der Waals surface area contributed by atoms with Gasteiger partial charge in [-0.3, -0.25) is 4.79 Å². The molecule has 2 aromatic heterocycles. The number of nitrogens with one attached hydrogen (secondary N) is 2. The summed E-state index contributed by atoms with van der Waals surface area (Å²) in [5.41, 5.74) is -4.94. The number of rotatable bonds is 6. The lowest BCUT2D eigenvalue weighted by atomic mass is 9.79. The first-order valence-corrected chi connectivity index (χ1v) is 12.7. The molecule has 2 N–H and O–H groups in total. The van der Waals surface area contributed by atoms with E-state index in [0.717, 1.165) is 19.2 Å². The molecule has 1 amide bonds. The molecule has 37 heavy (non-hydrogen) atoms. The third kappa shape index (κ3) is 5.35. The normalized spacial score (nSPS) is 16.4. The molecule has 4 rings (SSSR count). The number of hydrogen-bond acceptors (Lipinski definition) is 8. The lowest BCUT2D eigenvalue weighted by Gasteiger charge is -2.32. The summed E-state index contributed by atoms with van der Waals surface area (Å²) >= 11 is 0. The van der Waals surface area contributed by atoms with Gasteiger partial charge in [0.1, 0.15) is 11.3 Å². The van der Waals surface area contributed by atoms with Crippen molar-refractivity contribution in [3.05, 3.63) is 58.7 Å². The van der Waals surface area contributed by atoms with Gasteiger partial charge >= 0.3 is 6.18 Å². The Kier molecular flexibility index (Phi) is 6.60. The fraction of sp³-hybridized carbons (Fsp3) is 0.318. The zero-order valence-corrected chi connectivity index (χ0v) is 20.1. The first-order chi connectivity index (χ1) is 17.2. The minimum atomic E-state index is -4.98. The number of hydrogen-bond donors (Lipinski definition) is 2. The number of halogens is 5. The summed E-state index contributed by atoms with van der Waals surface area (Å²) in [6.07, 6.45) is -2.94. The Balaban J connectivity index is 1.73. The van der Waals surface area contributed by atoms with E-state index in [2.05, 4.69) is 25.7 Å². The highest BCUT2D eigenvalue weighted by atomic mass is 32.2. The maximum Gasteiger partial charge on any atom is 0.435 e. The van der Waals surface area contributed by atoms with Crippen LogP contribution in [-0.4, -0.2) is 36.8 Å². The molecule has 0 saturated heterocycles. The van der Waals surface area contributed by atoms with Crippen LogP contribution in [0.25, 0.3) is 0 Å². The van der Waals surface area contributed by atoms with Gasteiger partial charge in [0.25, 0.3) is 17.7 Å². The monoisotopic (exact) mass is 542 g/mol. The lowest BCUT2D eigenvalue weighted by molar-refractivity contribution is -0.142. The highest BCUT2D eigenvalue weighted by molar-refractivity contribution is 7.91. The average molecular weight is 542 g/mol. The van der Waals surface area contributed by atoms with E-state index in [-0.39, 0.29) is 29.1 Å². The van der Waals surface area contributed by atoms with Crippen molar-refractivity contribution in [2.24, 2.45) is 0 Å². The van der Waals surface area contributed by atoms with E-state index < -0.39 is 61.9 Å². The Labute approximate surface area is 207 Å². The quantitative estimate of drug-likeness (QED) is 0.411. The largest absolute Gasteiger partial charge is 0.435 e. The molecule has 1 fully saturated rings. The summed E-state index contributed by atoms with van der Waals surface area (Å²) in [7, 11) is -3.16. The molecule has 1 saturated carbocycles. The first kappa shape index (κ1) is 26.3. The van der Waals surface area contributed by atoms with Gasteiger partial charge in [0.2, 0.25) is 0 Å². The SMILES string of the molecule is Cc1c(C(F)(F)F)nnc(Oc2nnc(C3(F)CCC3)cc2F)c1C(=O)Nc1cccc(S(C)(=N)=O)c1. The molecule has 1 aliphatic rings. The molecule has 0 radical (unpaired) electrons. The van der Waals surface area contributed by atoms with Crippen molar-refractivity contribution in [3.63, 3.8) is 0 Å². The first-order valence-electron chi connectivity index (χ1n) is 10.7. The number of aromatic nitrogens is 4. The molecule has 0 bridgehead atoms. The predicted octanol–water partition coefficient (Wildman–Crippen LogP) is 5.16. The van der Waals surface area contributed by atoms with Crippen molar-refractivity contribution in [2.45, 2.75) is 42.9 Å². The minimum Gasteiger partial charge on any atom is -0.414 e. The van der Waals surface area contributed by atoms with Crippen molar-refractivity contribution in [1.29, 1.82) is 4.78 Å². The summed E-state index contributed by atoms with van der Waals surface area (Å²) in [5, 5.41) is 15.8. The fourth-order valence-electron chi connectivity index (χ4n) is 3.60. The molecule has 0 aliphatic heterocycles. The predicted molar refractivity (Wildman–Crippen MR) is 120 cm³/mol. The third-order valence-electron chi connectivity index (χ3n) is 5.74. The number of carbonyl (C=O) groups is 1. The highest BCUT2D eigenvalue weighted by Gasteiger charge is 2.42. The van der Waals surface area contributed by atoms with Gasteiger partial charge < -0.3 is 10.1 Å². The van der Waals surface area contributed by atoms with Crippen LogP contribution < -0.4 is 10.1 Å². The van der Waals surface area contributed by atoms with Crippen LogP contribution in [-0.2, 0) is 21.6 Å². The molecular formula is C22H19F5N6O3S. The molecule has 3 aromatic rings. The number of carbonyl (C=O) groups excluding carboxylic acids is 1. The Morgan fingerprint density at radius 3 is 2.38 bits per heavy atom. The van der Waals surface area contributed by atoms with Crippen molar-refractivity contribution >= 4 is 21.3 Å². The molecule has 1 aromatic carbocycles. The van der Waals surface area contributed by atoms with E-state index in [1.165, 1.54) is 24.3 Å². The number of nitrogens with zero attached hydrogens (tertiary/aromatic N) is 4. The number of benzene rings is 1. The molecule has 15 heteroatoms. The van der Waals surface area contributed by atoms with Crippen LogP contribution in [0, 0.1) is 17.5 Å². The van der Waals surface area contributed by atoms with E-state index in [1.54, 1.807) is 0 Å². The van der Waals surface area contributed by atoms with Crippen LogP contribution in [0.5, 0.6) is 11.8 Å². The summed E-state index contributed by atoms with van der Waals surface area (Å²) in [6.45, 7) is 0.951. The van der Waals surface area contributed by atoms with Gasteiger partial charge in [-0.25, -0.2) is 17.8 Å². The number of anilines is 1. The summed E-state index contributed by atoms with van der Waals surface area (Å²) in [4.78, 5) is 13.1. The topological polar surface area (TPSA) is 131 Å². The fourth-order valence-corrected chi connectivity index (χ4v) is 4.29. The summed E-state index contributed by atoms with van der Waals surface area (Å²) in [6, 6.07) is 6.13. The van der Waals surface area contributed by atoms with Crippen LogP contribution in [0.2, 0.25) is 0 Å². The molecule has 196 valence electrons. The second-order valence-corrected chi connectivity index (χ2v) is 10.6. The van der Waals surface area contributed by atoms with Gasteiger partial charge in [-0.1, -0.05) is 6.07 Å². The molecule has 1 atom stereocenters. The van der Waals surface area contributed by atoms with Crippen LogP contribution in [0.15, 0.2) is 35.2 Å². The van der Waals surface area contributed by atoms with Crippen LogP contribution in [0.1, 0.15) is 46.6 Å². The van der Waals surface area contributed by atoms with Crippen molar-refractivity contribution in [1.82, 2.24) is 20.4 Å². The third-order valence-corrected chi connectivity index (χ3v) is 6.89. The second-order valence-electron chi connectivity index (χ2n) is 8.48. The molecule has 0 spiro atoms. The van der Waals surface area contributed by atoms with Gasteiger partial charge in [0, 0.05) is 22.9 Å². The molecule has 9 nitrogen and oxygen atoms in total. The highest BCUT2D eigenvalue weighted by Crippen LogP contribution is 2.44. The van der Waals surface area contributed by atoms with Crippen molar-refractivity contribution in [2.75, 3.05) is 11.6 Å². The number of alkyl halides is 4. The van der Waals surface area contributed by atoms with Crippen molar-refractivity contribution < 1.29 is 35.7 Å². The smallest absolute Gasteiger partial charge is 0.414 e. The molecular weight excluding hydrogens is 523 g/mol. The second kappa shape index (κ2) is 9.28. The average Bonchev–Trinajstić information content (AvgIpc) is 2.77. The lowest BCUT2D eigenvalue weighted by Crippen LogP contribution is -2.30. The van der Waals surface area contributed by atoms with E-state index >= 15 is 0 Å². The van der Waals surface area contributed by atoms with E-state index in [0.29, 0.717) is 6.42 Å².